The molecule has 0 saturated carbocycles. The van der Waals surface area contributed by atoms with Crippen LogP contribution in [0, 0.1) is 5.82 Å². The van der Waals surface area contributed by atoms with E-state index in [4.69, 9.17) is 4.74 Å². The minimum absolute atomic E-state index is 0.140. The Hall–Kier alpha value is -3.60. The Kier molecular flexibility index (Phi) is 5.51. The molecule has 1 aliphatic heterocycles. The van der Waals surface area contributed by atoms with Crippen LogP contribution in [0.2, 0.25) is 0 Å². The number of hydrogen-bond donors (Lipinski definition) is 1. The molecule has 1 N–H and O–H groups in total. The molecule has 1 aliphatic rings. The molecule has 1 amide bonds. The molecule has 4 rings (SSSR count). The highest BCUT2D eigenvalue weighted by Crippen LogP contribution is 2.38. The maximum Gasteiger partial charge on any atom is 0.311 e. The molecule has 0 bridgehead atoms. The van der Waals surface area contributed by atoms with Crippen LogP contribution in [0.4, 0.5) is 23.4 Å². The zero-order valence-electron chi connectivity index (χ0n) is 17.0. The van der Waals surface area contributed by atoms with Crippen molar-refractivity contribution >= 4 is 11.7 Å². The van der Waals surface area contributed by atoms with Crippen LogP contribution in [0.25, 0.3) is 22.5 Å². The monoisotopic (exact) mass is 447 g/mol. The van der Waals surface area contributed by atoms with Crippen molar-refractivity contribution in [2.45, 2.75) is 32.6 Å². The molecule has 3 aromatic heterocycles. The van der Waals surface area contributed by atoms with E-state index >= 15 is 0 Å². The smallest absolute Gasteiger partial charge is 0.311 e. The lowest BCUT2D eigenvalue weighted by Crippen LogP contribution is -2.36. The number of hydrogen-bond acceptors (Lipinski definition) is 5. The van der Waals surface area contributed by atoms with Gasteiger partial charge in [-0.25, -0.2) is 9.37 Å². The number of anilines is 1. The third-order valence-electron chi connectivity index (χ3n) is 4.81. The molecule has 0 fully saturated rings. The number of amides is 1. The summed E-state index contributed by atoms with van der Waals surface area (Å²) >= 11 is 0. The van der Waals surface area contributed by atoms with Gasteiger partial charge in [-0.15, -0.1) is 0 Å². The summed E-state index contributed by atoms with van der Waals surface area (Å²) < 4.78 is 59.0. The van der Waals surface area contributed by atoms with E-state index in [0.717, 1.165) is 6.20 Å². The molecule has 0 unspecified atom stereocenters. The highest BCUT2D eigenvalue weighted by atomic mass is 19.3. The van der Waals surface area contributed by atoms with Crippen molar-refractivity contribution < 1.29 is 27.1 Å². The van der Waals surface area contributed by atoms with Crippen molar-refractivity contribution in [1.82, 2.24) is 19.7 Å². The maximum atomic E-state index is 13.4. The lowest BCUT2D eigenvalue weighted by molar-refractivity contribution is -0.114. The normalized spacial score (nSPS) is 14.6. The van der Waals surface area contributed by atoms with Gasteiger partial charge in [0.05, 0.1) is 36.3 Å². The van der Waals surface area contributed by atoms with Crippen molar-refractivity contribution in [1.29, 1.82) is 0 Å². The summed E-state index contributed by atoms with van der Waals surface area (Å²) in [5.74, 6) is -4.45. The predicted molar refractivity (Wildman–Crippen MR) is 106 cm³/mol. The number of nitrogens with zero attached hydrogens (tertiary/aromatic N) is 4. The molecule has 166 valence electrons. The van der Waals surface area contributed by atoms with Crippen molar-refractivity contribution in [3.63, 3.8) is 0 Å². The molecule has 32 heavy (non-hydrogen) atoms. The fraction of sp³-hybridized carbons (Fsp3) is 0.238. The standard InChI is InChI=1S/C21H17F4N5O2/c1-21(2)10-30-14(9-32-21)16(18(29-30)13-4-3-12(22)8-27-13)11-5-6-26-15(7-11)28-20(31)17(23)19(24)25/h3-8H,9-10H2,1-2H3,(H,26,28,31). The van der Waals surface area contributed by atoms with Gasteiger partial charge >= 0.3 is 6.08 Å². The Morgan fingerprint density at radius 2 is 1.97 bits per heavy atom. The van der Waals surface area contributed by atoms with Crippen LogP contribution in [-0.4, -0.2) is 31.3 Å². The van der Waals surface area contributed by atoms with E-state index in [2.05, 4.69) is 15.1 Å². The number of rotatable bonds is 4. The number of ether oxygens (including phenoxy) is 1. The Morgan fingerprint density at radius 1 is 1.19 bits per heavy atom. The lowest BCUT2D eigenvalue weighted by Gasteiger charge is -2.31. The minimum atomic E-state index is -2.73. The summed E-state index contributed by atoms with van der Waals surface area (Å²) in [5, 5.41) is 6.64. The van der Waals surface area contributed by atoms with Gasteiger partial charge in [-0.3, -0.25) is 14.5 Å². The number of carbonyl (C=O) groups is 1. The molecule has 0 atom stereocenters. The molecule has 0 spiro atoms. The second-order valence-electron chi connectivity index (χ2n) is 7.70. The van der Waals surface area contributed by atoms with E-state index in [1.165, 1.54) is 24.4 Å². The number of nitrogens with one attached hydrogen (secondary N) is 1. The summed E-state index contributed by atoms with van der Waals surface area (Å²) in [6.07, 6.45) is -0.331. The Morgan fingerprint density at radius 3 is 2.66 bits per heavy atom. The summed E-state index contributed by atoms with van der Waals surface area (Å²) in [5.41, 5.74) is 2.16. The van der Waals surface area contributed by atoms with E-state index in [1.807, 2.05) is 19.2 Å². The third kappa shape index (κ3) is 4.24. The van der Waals surface area contributed by atoms with E-state index < -0.39 is 29.2 Å². The first-order valence-electron chi connectivity index (χ1n) is 9.49. The average Bonchev–Trinajstić information content (AvgIpc) is 3.11. The number of halogens is 4. The summed E-state index contributed by atoms with van der Waals surface area (Å²) in [6.45, 7) is 4.49. The van der Waals surface area contributed by atoms with Crippen molar-refractivity contribution in [2.24, 2.45) is 0 Å². The predicted octanol–water partition coefficient (Wildman–Crippen LogP) is 4.47. The van der Waals surface area contributed by atoms with Gasteiger partial charge in [-0.2, -0.15) is 18.3 Å². The molecule has 0 aromatic carbocycles. The Labute approximate surface area is 179 Å². The first kappa shape index (κ1) is 21.6. The summed E-state index contributed by atoms with van der Waals surface area (Å²) in [6, 6.07) is 5.74. The third-order valence-corrected chi connectivity index (χ3v) is 4.81. The topological polar surface area (TPSA) is 81.9 Å². The van der Waals surface area contributed by atoms with Crippen LogP contribution in [-0.2, 0) is 22.7 Å². The van der Waals surface area contributed by atoms with Crippen LogP contribution in [0.5, 0.6) is 0 Å². The van der Waals surface area contributed by atoms with Gasteiger partial charge in [-0.1, -0.05) is 0 Å². The van der Waals surface area contributed by atoms with Crippen molar-refractivity contribution in [3.8, 4) is 22.5 Å². The number of aromatic nitrogens is 4. The highest BCUT2D eigenvalue weighted by Gasteiger charge is 2.32. The minimum Gasteiger partial charge on any atom is -0.367 e. The molecular formula is C21H17F4N5O2. The summed E-state index contributed by atoms with van der Waals surface area (Å²) in [7, 11) is 0. The van der Waals surface area contributed by atoms with E-state index in [-0.39, 0.29) is 12.4 Å². The van der Waals surface area contributed by atoms with Crippen LogP contribution >= 0.6 is 0 Å². The van der Waals surface area contributed by atoms with Gasteiger partial charge in [0.25, 0.3) is 11.7 Å². The van der Waals surface area contributed by atoms with Gasteiger partial charge in [0.2, 0.25) is 0 Å². The van der Waals surface area contributed by atoms with Gasteiger partial charge < -0.3 is 10.1 Å². The molecule has 0 saturated heterocycles. The van der Waals surface area contributed by atoms with Crippen LogP contribution in [0.3, 0.4) is 0 Å². The molecule has 0 aliphatic carbocycles. The van der Waals surface area contributed by atoms with Crippen LogP contribution < -0.4 is 5.32 Å². The largest absolute Gasteiger partial charge is 0.367 e. The zero-order chi connectivity index (χ0) is 23.0. The van der Waals surface area contributed by atoms with E-state index in [9.17, 15) is 22.4 Å². The second-order valence-corrected chi connectivity index (χ2v) is 7.70. The molecular weight excluding hydrogens is 430 g/mol. The molecule has 4 heterocycles. The van der Waals surface area contributed by atoms with Gasteiger partial charge in [0, 0.05) is 11.8 Å². The van der Waals surface area contributed by atoms with Crippen molar-refractivity contribution in [3.05, 3.63) is 60.1 Å². The quantitative estimate of drug-likeness (QED) is 0.471. The first-order chi connectivity index (χ1) is 15.1. The van der Waals surface area contributed by atoms with E-state index in [1.54, 1.807) is 10.7 Å². The number of fused-ring (bicyclic) bond motifs is 1. The van der Waals surface area contributed by atoms with Crippen LogP contribution in [0.15, 0.2) is 48.6 Å². The van der Waals surface area contributed by atoms with Crippen LogP contribution in [0.1, 0.15) is 19.5 Å². The first-order valence-corrected chi connectivity index (χ1v) is 9.49. The fourth-order valence-corrected chi connectivity index (χ4v) is 3.35. The molecule has 0 radical (unpaired) electrons. The second kappa shape index (κ2) is 8.15. The molecule has 7 nitrogen and oxygen atoms in total. The SMILES string of the molecule is CC1(C)Cn2nc(-c3ccc(F)cn3)c(-c3ccnc(NC(=O)C(F)=C(F)F)c3)c2CO1. The average molecular weight is 447 g/mol. The highest BCUT2D eigenvalue weighted by molar-refractivity contribution is 6.02. The Bertz CT molecular complexity index is 1220. The van der Waals surface area contributed by atoms with Gasteiger partial charge in [-0.05, 0) is 43.7 Å². The molecule has 3 aromatic rings. The van der Waals surface area contributed by atoms with Gasteiger partial charge in [0.15, 0.2) is 0 Å². The lowest BCUT2D eigenvalue weighted by atomic mass is 10.0. The number of carbonyl (C=O) groups excluding carboxylic acids is 1. The summed E-state index contributed by atoms with van der Waals surface area (Å²) in [4.78, 5) is 19.6. The van der Waals surface area contributed by atoms with Crippen molar-refractivity contribution in [2.75, 3.05) is 5.32 Å². The molecule has 11 heteroatoms. The van der Waals surface area contributed by atoms with E-state index in [0.29, 0.717) is 34.8 Å². The van der Waals surface area contributed by atoms with Gasteiger partial charge in [0.1, 0.15) is 17.3 Å². The number of pyridine rings is 2. The maximum absolute atomic E-state index is 13.4. The Balaban J connectivity index is 1.81. The zero-order valence-corrected chi connectivity index (χ0v) is 17.0. The fourth-order valence-electron chi connectivity index (χ4n) is 3.35.